The van der Waals surface area contributed by atoms with Crippen LogP contribution in [0.1, 0.15) is 29.1 Å². The Morgan fingerprint density at radius 3 is 2.58 bits per heavy atom. The second kappa shape index (κ2) is 5.52. The van der Waals surface area contributed by atoms with Gasteiger partial charge in [-0.2, -0.15) is 5.10 Å². The summed E-state index contributed by atoms with van der Waals surface area (Å²) in [6.07, 6.45) is 3.54. The molecular weight excluding hydrogens is 242 g/mol. The highest BCUT2D eigenvalue weighted by Gasteiger charge is 2.13. The van der Waals surface area contributed by atoms with Crippen LogP contribution in [0.4, 0.5) is 0 Å². The molecule has 0 aliphatic carbocycles. The summed E-state index contributed by atoms with van der Waals surface area (Å²) in [5.41, 5.74) is 4.28. The summed E-state index contributed by atoms with van der Waals surface area (Å²) >= 11 is 0. The molecule has 1 atom stereocenters. The van der Waals surface area contributed by atoms with Crippen molar-refractivity contribution < 1.29 is 5.11 Å². The third-order valence-corrected chi connectivity index (χ3v) is 3.48. The second-order valence-corrected chi connectivity index (χ2v) is 5.05. The van der Waals surface area contributed by atoms with Crippen LogP contribution in [0.15, 0.2) is 6.20 Å². The molecule has 2 aromatic heterocycles. The lowest BCUT2D eigenvalue weighted by Crippen LogP contribution is -2.12. The van der Waals surface area contributed by atoms with Gasteiger partial charge in [-0.1, -0.05) is 5.21 Å². The van der Waals surface area contributed by atoms with Gasteiger partial charge in [0.2, 0.25) is 0 Å². The molecule has 2 heterocycles. The van der Waals surface area contributed by atoms with Crippen molar-refractivity contribution in [1.29, 1.82) is 0 Å². The topological polar surface area (TPSA) is 68.8 Å². The second-order valence-electron chi connectivity index (χ2n) is 5.05. The Balaban J connectivity index is 1.91. The number of aromatic nitrogens is 5. The van der Waals surface area contributed by atoms with E-state index in [1.165, 1.54) is 11.3 Å². The largest absolute Gasteiger partial charge is 0.393 e. The van der Waals surface area contributed by atoms with Crippen LogP contribution < -0.4 is 0 Å². The van der Waals surface area contributed by atoms with Gasteiger partial charge in [0, 0.05) is 32.4 Å². The summed E-state index contributed by atoms with van der Waals surface area (Å²) in [6.45, 7) is 4.07. The van der Waals surface area contributed by atoms with Crippen LogP contribution in [0.2, 0.25) is 0 Å². The Labute approximate surface area is 113 Å². The summed E-state index contributed by atoms with van der Waals surface area (Å²) in [6, 6.07) is 0. The van der Waals surface area contributed by atoms with Crippen LogP contribution in [0.3, 0.4) is 0 Å². The molecule has 0 saturated heterocycles. The van der Waals surface area contributed by atoms with Gasteiger partial charge in [0.15, 0.2) is 0 Å². The highest BCUT2D eigenvalue weighted by molar-refractivity contribution is 5.24. The van der Waals surface area contributed by atoms with Crippen molar-refractivity contribution in [2.24, 2.45) is 14.1 Å². The molecule has 0 radical (unpaired) electrons. The third-order valence-electron chi connectivity index (χ3n) is 3.48. The Hall–Kier alpha value is -1.69. The number of aryl methyl sites for hydroxylation is 3. The van der Waals surface area contributed by atoms with Gasteiger partial charge in [-0.25, -0.2) is 0 Å². The first-order valence-electron chi connectivity index (χ1n) is 6.49. The molecule has 0 fully saturated rings. The predicted molar refractivity (Wildman–Crippen MR) is 71.7 cm³/mol. The van der Waals surface area contributed by atoms with Gasteiger partial charge in [0.05, 0.1) is 17.5 Å². The van der Waals surface area contributed by atoms with Crippen molar-refractivity contribution in [3.05, 3.63) is 28.8 Å². The van der Waals surface area contributed by atoms with Crippen molar-refractivity contribution in [3.63, 3.8) is 0 Å². The fourth-order valence-electron chi connectivity index (χ4n) is 2.32. The van der Waals surface area contributed by atoms with Crippen molar-refractivity contribution in [1.82, 2.24) is 24.8 Å². The number of hydrogen-bond acceptors (Lipinski definition) is 4. The van der Waals surface area contributed by atoms with Crippen molar-refractivity contribution in [2.75, 3.05) is 0 Å². The third kappa shape index (κ3) is 3.20. The van der Waals surface area contributed by atoms with E-state index in [1.54, 1.807) is 4.68 Å². The minimum atomic E-state index is -0.393. The number of hydrogen-bond donors (Lipinski definition) is 1. The van der Waals surface area contributed by atoms with Crippen molar-refractivity contribution in [3.8, 4) is 0 Å². The van der Waals surface area contributed by atoms with Gasteiger partial charge in [-0.3, -0.25) is 9.36 Å². The van der Waals surface area contributed by atoms with Crippen molar-refractivity contribution in [2.45, 2.75) is 39.2 Å². The fourth-order valence-corrected chi connectivity index (χ4v) is 2.32. The standard InChI is InChI=1S/C13H21N5O/c1-9-13(10(2)18(4)15-9)6-5-12(19)7-11-8-17(3)16-14-11/h8,12,19H,5-7H2,1-4H3. The van der Waals surface area contributed by atoms with Gasteiger partial charge >= 0.3 is 0 Å². The minimum Gasteiger partial charge on any atom is -0.393 e. The fraction of sp³-hybridized carbons (Fsp3) is 0.615. The number of aliphatic hydroxyl groups is 1. The summed E-state index contributed by atoms with van der Waals surface area (Å²) in [7, 11) is 3.77. The molecule has 6 heteroatoms. The molecule has 0 bridgehead atoms. The summed E-state index contributed by atoms with van der Waals surface area (Å²) in [4.78, 5) is 0. The maximum absolute atomic E-state index is 10.1. The molecule has 0 spiro atoms. The average molecular weight is 263 g/mol. The molecule has 2 rings (SSSR count). The molecule has 0 aromatic carbocycles. The Kier molecular flexibility index (Phi) is 3.99. The lowest BCUT2D eigenvalue weighted by molar-refractivity contribution is 0.164. The molecule has 0 amide bonds. The van der Waals surface area contributed by atoms with E-state index in [4.69, 9.17) is 0 Å². The molecule has 19 heavy (non-hydrogen) atoms. The molecule has 1 N–H and O–H groups in total. The van der Waals surface area contributed by atoms with Gasteiger partial charge in [0.1, 0.15) is 0 Å². The maximum atomic E-state index is 10.1. The summed E-state index contributed by atoms with van der Waals surface area (Å²) in [5.74, 6) is 0. The molecule has 0 aliphatic heterocycles. The van der Waals surface area contributed by atoms with E-state index in [2.05, 4.69) is 22.3 Å². The Morgan fingerprint density at radius 2 is 2.05 bits per heavy atom. The molecule has 0 aliphatic rings. The zero-order valence-corrected chi connectivity index (χ0v) is 12.0. The summed E-state index contributed by atoms with van der Waals surface area (Å²) in [5, 5.41) is 22.3. The van der Waals surface area contributed by atoms with Gasteiger partial charge in [0.25, 0.3) is 0 Å². The van der Waals surface area contributed by atoms with E-state index < -0.39 is 6.10 Å². The molecule has 0 saturated carbocycles. The monoisotopic (exact) mass is 263 g/mol. The van der Waals surface area contributed by atoms with Crippen LogP contribution >= 0.6 is 0 Å². The van der Waals surface area contributed by atoms with Crippen LogP contribution in [0.25, 0.3) is 0 Å². The maximum Gasteiger partial charge on any atom is 0.0852 e. The first kappa shape index (κ1) is 13.7. The van der Waals surface area contributed by atoms with Gasteiger partial charge < -0.3 is 5.11 Å². The Morgan fingerprint density at radius 1 is 1.32 bits per heavy atom. The van der Waals surface area contributed by atoms with E-state index in [0.717, 1.165) is 17.8 Å². The molecule has 2 aromatic rings. The van der Waals surface area contributed by atoms with Gasteiger partial charge in [-0.15, -0.1) is 5.10 Å². The first-order valence-corrected chi connectivity index (χ1v) is 6.49. The molecule has 1 unspecified atom stereocenters. The highest BCUT2D eigenvalue weighted by atomic mass is 16.3. The quantitative estimate of drug-likeness (QED) is 0.862. The average Bonchev–Trinajstić information content (AvgIpc) is 2.83. The van der Waals surface area contributed by atoms with E-state index in [-0.39, 0.29) is 0 Å². The normalized spacial score (nSPS) is 12.9. The molecular formula is C13H21N5O. The number of aliphatic hydroxyl groups excluding tert-OH is 1. The van der Waals surface area contributed by atoms with E-state index >= 15 is 0 Å². The Bertz CT molecular complexity index is 557. The first-order chi connectivity index (χ1) is 8.97. The summed E-state index contributed by atoms with van der Waals surface area (Å²) < 4.78 is 3.54. The SMILES string of the molecule is Cc1nn(C)c(C)c1CCC(O)Cc1cn(C)nn1. The number of rotatable bonds is 5. The van der Waals surface area contributed by atoms with E-state index in [0.29, 0.717) is 12.8 Å². The van der Waals surface area contributed by atoms with Gasteiger partial charge in [-0.05, 0) is 32.3 Å². The van der Waals surface area contributed by atoms with E-state index in [9.17, 15) is 5.11 Å². The van der Waals surface area contributed by atoms with Crippen LogP contribution in [0, 0.1) is 13.8 Å². The molecule has 104 valence electrons. The number of nitrogens with zero attached hydrogens (tertiary/aromatic N) is 5. The lowest BCUT2D eigenvalue weighted by Gasteiger charge is -2.08. The minimum absolute atomic E-state index is 0.393. The van der Waals surface area contributed by atoms with E-state index in [1.807, 2.05) is 31.9 Å². The van der Waals surface area contributed by atoms with Crippen molar-refractivity contribution >= 4 is 0 Å². The van der Waals surface area contributed by atoms with Crippen LogP contribution in [-0.2, 0) is 26.9 Å². The zero-order chi connectivity index (χ0) is 14.0. The predicted octanol–water partition coefficient (Wildman–Crippen LogP) is 0.702. The smallest absolute Gasteiger partial charge is 0.0852 e. The molecule has 6 nitrogen and oxygen atoms in total. The van der Waals surface area contributed by atoms with Crippen LogP contribution in [0.5, 0.6) is 0 Å². The van der Waals surface area contributed by atoms with Crippen LogP contribution in [-0.4, -0.2) is 36.0 Å². The lowest BCUT2D eigenvalue weighted by atomic mass is 10.0. The highest BCUT2D eigenvalue weighted by Crippen LogP contribution is 2.15. The zero-order valence-electron chi connectivity index (χ0n) is 12.0.